The molecule has 4 rings (SSSR count). The van der Waals surface area contributed by atoms with Crippen molar-refractivity contribution in [1.82, 2.24) is 5.32 Å². The van der Waals surface area contributed by atoms with E-state index in [9.17, 15) is 27.9 Å². The minimum absolute atomic E-state index is 0.121. The summed E-state index contributed by atoms with van der Waals surface area (Å²) in [7, 11) is 0. The molecule has 2 atom stereocenters. The van der Waals surface area contributed by atoms with E-state index in [0.29, 0.717) is 0 Å². The van der Waals surface area contributed by atoms with Crippen LogP contribution in [0.5, 0.6) is 0 Å². The summed E-state index contributed by atoms with van der Waals surface area (Å²) < 4.78 is 57.9. The molecule has 11 heteroatoms. The number of rotatable bonds is 5. The largest absolute Gasteiger partial charge is 0.394 e. The first-order valence-corrected chi connectivity index (χ1v) is 10.8. The summed E-state index contributed by atoms with van der Waals surface area (Å²) in [6.07, 6.45) is -0.123. The van der Waals surface area contributed by atoms with Crippen molar-refractivity contribution in [2.24, 2.45) is 0 Å². The van der Waals surface area contributed by atoms with Gasteiger partial charge in [-0.15, -0.1) is 0 Å². The smallest absolute Gasteiger partial charge is 0.319 e. The lowest BCUT2D eigenvalue weighted by atomic mass is 10.0. The maximum Gasteiger partial charge on any atom is 0.319 e. The SMILES string of the molecule is O=C(Nc1ccc(Cl)cc1F)N[C@@H]1C[C@@H](CO)N(c2ccc(-c3ccccc3F)c(F)c2F)C1=O. The lowest BCUT2D eigenvalue weighted by molar-refractivity contribution is -0.118. The maximum atomic E-state index is 15.0. The molecule has 1 aliphatic rings. The molecule has 182 valence electrons. The molecule has 3 N–H and O–H groups in total. The van der Waals surface area contributed by atoms with Gasteiger partial charge in [-0.25, -0.2) is 22.4 Å². The highest BCUT2D eigenvalue weighted by Gasteiger charge is 2.42. The predicted octanol–water partition coefficient (Wildman–Crippen LogP) is 4.85. The first-order chi connectivity index (χ1) is 16.7. The van der Waals surface area contributed by atoms with Gasteiger partial charge in [0.25, 0.3) is 0 Å². The van der Waals surface area contributed by atoms with E-state index in [2.05, 4.69) is 10.6 Å². The highest BCUT2D eigenvalue weighted by atomic mass is 35.5. The van der Waals surface area contributed by atoms with Crippen LogP contribution in [0.4, 0.5) is 33.7 Å². The van der Waals surface area contributed by atoms with E-state index >= 15 is 4.39 Å². The number of halogens is 5. The fourth-order valence-electron chi connectivity index (χ4n) is 3.94. The molecule has 0 bridgehead atoms. The molecule has 3 amide bonds. The van der Waals surface area contributed by atoms with Gasteiger partial charge < -0.3 is 20.6 Å². The number of nitrogens with one attached hydrogen (secondary N) is 2. The van der Waals surface area contributed by atoms with Gasteiger partial charge >= 0.3 is 6.03 Å². The molecule has 0 aromatic heterocycles. The number of aliphatic hydroxyl groups excluding tert-OH is 1. The number of amides is 3. The molecule has 6 nitrogen and oxygen atoms in total. The summed E-state index contributed by atoms with van der Waals surface area (Å²) in [6.45, 7) is -0.604. The summed E-state index contributed by atoms with van der Waals surface area (Å²) in [4.78, 5) is 26.1. The second kappa shape index (κ2) is 9.93. The van der Waals surface area contributed by atoms with Gasteiger partial charge in [0.1, 0.15) is 17.7 Å². The van der Waals surface area contributed by atoms with Crippen LogP contribution in [0.25, 0.3) is 11.1 Å². The molecule has 1 saturated heterocycles. The van der Waals surface area contributed by atoms with Crippen molar-refractivity contribution in [3.8, 4) is 11.1 Å². The van der Waals surface area contributed by atoms with Gasteiger partial charge in [0.2, 0.25) is 5.91 Å². The zero-order chi connectivity index (χ0) is 25.3. The van der Waals surface area contributed by atoms with Gasteiger partial charge in [0.05, 0.1) is 24.0 Å². The maximum absolute atomic E-state index is 15.0. The molecule has 1 fully saturated rings. The Morgan fingerprint density at radius 1 is 1.00 bits per heavy atom. The van der Waals surface area contributed by atoms with Crippen molar-refractivity contribution >= 4 is 34.9 Å². The Kier molecular flexibility index (Phi) is 6.95. The van der Waals surface area contributed by atoms with E-state index in [1.807, 2.05) is 0 Å². The lowest BCUT2D eigenvalue weighted by Crippen LogP contribution is -2.44. The van der Waals surface area contributed by atoms with Gasteiger partial charge in [-0.05, 0) is 42.8 Å². The van der Waals surface area contributed by atoms with Crippen LogP contribution in [0, 0.1) is 23.3 Å². The Morgan fingerprint density at radius 3 is 2.43 bits per heavy atom. The zero-order valence-electron chi connectivity index (χ0n) is 17.9. The minimum atomic E-state index is -1.41. The van der Waals surface area contributed by atoms with Crippen LogP contribution < -0.4 is 15.5 Å². The van der Waals surface area contributed by atoms with Crippen LogP contribution in [0.2, 0.25) is 5.02 Å². The van der Waals surface area contributed by atoms with Crippen molar-refractivity contribution in [2.75, 3.05) is 16.8 Å². The fourth-order valence-corrected chi connectivity index (χ4v) is 4.10. The van der Waals surface area contributed by atoms with E-state index in [4.69, 9.17) is 11.6 Å². The van der Waals surface area contributed by atoms with Crippen molar-refractivity contribution in [3.05, 3.63) is 82.9 Å². The molecular weight excluding hydrogens is 490 g/mol. The standard InChI is InChI=1S/C24H18ClF4N3O3/c25-12-5-7-18(17(27)9-12)30-24(35)31-19-10-13(11-33)32(23(19)34)20-8-6-15(21(28)22(20)29)14-3-1-2-4-16(14)26/h1-9,13,19,33H,10-11H2,(H2,30,31,35)/t13-,19+/m0/s1. The molecule has 1 heterocycles. The third kappa shape index (κ3) is 4.80. The summed E-state index contributed by atoms with van der Waals surface area (Å²) >= 11 is 5.67. The number of carbonyl (C=O) groups is 2. The average Bonchev–Trinajstić information content (AvgIpc) is 3.13. The van der Waals surface area contributed by atoms with E-state index in [-0.39, 0.29) is 28.3 Å². The number of urea groups is 1. The van der Waals surface area contributed by atoms with E-state index in [1.54, 1.807) is 0 Å². The third-order valence-corrected chi connectivity index (χ3v) is 5.82. The van der Waals surface area contributed by atoms with Crippen molar-refractivity contribution in [3.63, 3.8) is 0 Å². The molecule has 3 aromatic carbocycles. The Labute approximate surface area is 202 Å². The minimum Gasteiger partial charge on any atom is -0.394 e. The van der Waals surface area contributed by atoms with E-state index < -0.39 is 59.6 Å². The van der Waals surface area contributed by atoms with Crippen LogP contribution in [-0.4, -0.2) is 35.7 Å². The fraction of sp³-hybridized carbons (Fsp3) is 0.167. The summed E-state index contributed by atoms with van der Waals surface area (Å²) in [5.41, 5.74) is -1.16. The van der Waals surface area contributed by atoms with Crippen LogP contribution in [0.3, 0.4) is 0 Å². The highest BCUT2D eigenvalue weighted by Crippen LogP contribution is 2.35. The Morgan fingerprint density at radius 2 is 1.74 bits per heavy atom. The molecule has 0 saturated carbocycles. The van der Waals surface area contributed by atoms with Crippen molar-refractivity contribution in [1.29, 1.82) is 0 Å². The van der Waals surface area contributed by atoms with Crippen molar-refractivity contribution < 1.29 is 32.3 Å². The first kappa shape index (κ1) is 24.5. The second-order valence-electron chi connectivity index (χ2n) is 7.80. The third-order valence-electron chi connectivity index (χ3n) is 5.59. The number of nitrogens with zero attached hydrogens (tertiary/aromatic N) is 1. The molecule has 0 aliphatic carbocycles. The van der Waals surface area contributed by atoms with Crippen LogP contribution in [0.15, 0.2) is 54.6 Å². The molecule has 3 aromatic rings. The number of anilines is 2. The number of benzene rings is 3. The quantitative estimate of drug-likeness (QED) is 0.432. The molecule has 0 spiro atoms. The van der Waals surface area contributed by atoms with Crippen LogP contribution in [-0.2, 0) is 4.79 Å². The number of hydrogen-bond acceptors (Lipinski definition) is 3. The number of carbonyl (C=O) groups excluding carboxylic acids is 2. The van der Waals surface area contributed by atoms with Gasteiger partial charge in [-0.3, -0.25) is 4.79 Å². The molecule has 35 heavy (non-hydrogen) atoms. The second-order valence-corrected chi connectivity index (χ2v) is 8.23. The number of hydrogen-bond donors (Lipinski definition) is 3. The topological polar surface area (TPSA) is 81.7 Å². The lowest BCUT2D eigenvalue weighted by Gasteiger charge is -2.24. The molecular formula is C24H18ClF4N3O3. The zero-order valence-corrected chi connectivity index (χ0v) is 18.6. The van der Waals surface area contributed by atoms with Gasteiger partial charge in [-0.2, -0.15) is 0 Å². The Bertz CT molecular complexity index is 1310. The molecule has 0 unspecified atom stereocenters. The monoisotopic (exact) mass is 507 g/mol. The predicted molar refractivity (Wildman–Crippen MR) is 122 cm³/mol. The molecule has 0 radical (unpaired) electrons. The van der Waals surface area contributed by atoms with Gasteiger partial charge in [0.15, 0.2) is 11.6 Å². The normalized spacial score (nSPS) is 17.5. The summed E-state index contributed by atoms with van der Waals surface area (Å²) in [5, 5.41) is 14.4. The summed E-state index contributed by atoms with van der Waals surface area (Å²) in [6, 6.07) is 7.94. The van der Waals surface area contributed by atoms with Crippen LogP contribution in [0.1, 0.15) is 6.42 Å². The van der Waals surface area contributed by atoms with E-state index in [1.165, 1.54) is 30.3 Å². The average molecular weight is 508 g/mol. The summed E-state index contributed by atoms with van der Waals surface area (Å²) in [5.74, 6) is -5.15. The first-order valence-electron chi connectivity index (χ1n) is 10.4. The van der Waals surface area contributed by atoms with Crippen LogP contribution >= 0.6 is 11.6 Å². The van der Waals surface area contributed by atoms with Crippen molar-refractivity contribution in [2.45, 2.75) is 18.5 Å². The molecule has 1 aliphatic heterocycles. The Balaban J connectivity index is 1.56. The van der Waals surface area contributed by atoms with E-state index in [0.717, 1.165) is 29.2 Å². The highest BCUT2D eigenvalue weighted by molar-refractivity contribution is 6.30. The van der Waals surface area contributed by atoms with Gasteiger partial charge in [-0.1, -0.05) is 29.8 Å². The Hall–Kier alpha value is -3.63. The van der Waals surface area contributed by atoms with Gasteiger partial charge in [0, 0.05) is 16.1 Å². The number of aliphatic hydroxyl groups is 1.